The van der Waals surface area contributed by atoms with Crippen LogP contribution in [-0.4, -0.2) is 4.98 Å². The quantitative estimate of drug-likeness (QED) is 0.880. The molecule has 88 valence electrons. The second kappa shape index (κ2) is 4.63. The molecule has 17 heavy (non-hydrogen) atoms. The summed E-state index contributed by atoms with van der Waals surface area (Å²) in [5.74, 6) is -0.256. The molecule has 0 fully saturated rings. The van der Waals surface area contributed by atoms with Crippen LogP contribution in [0, 0.1) is 5.82 Å². The van der Waals surface area contributed by atoms with Crippen molar-refractivity contribution in [1.29, 1.82) is 0 Å². The number of rotatable bonds is 3. The summed E-state index contributed by atoms with van der Waals surface area (Å²) in [6, 6.07) is 10.3. The minimum atomic E-state index is -0.580. The molecule has 0 amide bonds. The van der Waals surface area contributed by atoms with Gasteiger partial charge in [-0.2, -0.15) is 0 Å². The van der Waals surface area contributed by atoms with Gasteiger partial charge in [0.15, 0.2) is 0 Å². The van der Waals surface area contributed by atoms with Crippen LogP contribution in [0.3, 0.4) is 0 Å². The SMILES string of the molecule is CC(N)(Cc1ccncc1)c1cccc(F)c1. The first-order valence-electron chi connectivity index (χ1n) is 5.52. The summed E-state index contributed by atoms with van der Waals surface area (Å²) in [6.45, 7) is 1.90. The Hall–Kier alpha value is -1.74. The van der Waals surface area contributed by atoms with Gasteiger partial charge in [0.25, 0.3) is 0 Å². The van der Waals surface area contributed by atoms with Crippen LogP contribution in [0.25, 0.3) is 0 Å². The fourth-order valence-electron chi connectivity index (χ4n) is 1.87. The number of aromatic nitrogens is 1. The molecule has 1 heterocycles. The van der Waals surface area contributed by atoms with Crippen molar-refractivity contribution >= 4 is 0 Å². The second-order valence-electron chi connectivity index (χ2n) is 4.46. The number of benzene rings is 1. The molecular weight excluding hydrogens is 215 g/mol. The van der Waals surface area contributed by atoms with Gasteiger partial charge in [-0.05, 0) is 48.7 Å². The van der Waals surface area contributed by atoms with E-state index in [0.717, 1.165) is 11.1 Å². The third kappa shape index (κ3) is 2.88. The zero-order chi connectivity index (χ0) is 12.3. The molecule has 1 unspecified atom stereocenters. The van der Waals surface area contributed by atoms with E-state index in [0.29, 0.717) is 6.42 Å². The van der Waals surface area contributed by atoms with Gasteiger partial charge in [-0.3, -0.25) is 4.98 Å². The Labute approximate surface area is 100 Å². The van der Waals surface area contributed by atoms with Gasteiger partial charge >= 0.3 is 0 Å². The van der Waals surface area contributed by atoms with E-state index in [2.05, 4.69) is 4.98 Å². The van der Waals surface area contributed by atoms with Crippen LogP contribution < -0.4 is 5.73 Å². The van der Waals surface area contributed by atoms with E-state index in [4.69, 9.17) is 5.73 Å². The Morgan fingerprint density at radius 2 is 1.94 bits per heavy atom. The highest BCUT2D eigenvalue weighted by molar-refractivity contribution is 5.27. The Morgan fingerprint density at radius 3 is 2.59 bits per heavy atom. The van der Waals surface area contributed by atoms with Crippen molar-refractivity contribution in [2.45, 2.75) is 18.9 Å². The molecule has 2 rings (SSSR count). The third-order valence-corrected chi connectivity index (χ3v) is 2.80. The van der Waals surface area contributed by atoms with Gasteiger partial charge in [-0.1, -0.05) is 12.1 Å². The van der Waals surface area contributed by atoms with E-state index >= 15 is 0 Å². The molecule has 1 atom stereocenters. The van der Waals surface area contributed by atoms with Gasteiger partial charge in [0.1, 0.15) is 5.82 Å². The molecule has 0 aliphatic carbocycles. The molecule has 2 N–H and O–H groups in total. The van der Waals surface area contributed by atoms with Crippen molar-refractivity contribution in [3.05, 3.63) is 65.7 Å². The highest BCUT2D eigenvalue weighted by Gasteiger charge is 2.21. The molecule has 1 aromatic heterocycles. The van der Waals surface area contributed by atoms with Gasteiger partial charge in [0, 0.05) is 17.9 Å². The molecule has 0 saturated carbocycles. The van der Waals surface area contributed by atoms with Crippen molar-refractivity contribution in [2.24, 2.45) is 5.73 Å². The van der Waals surface area contributed by atoms with Gasteiger partial charge in [0.2, 0.25) is 0 Å². The predicted molar refractivity (Wildman–Crippen MR) is 65.9 cm³/mol. The van der Waals surface area contributed by atoms with Gasteiger partial charge in [-0.25, -0.2) is 4.39 Å². The Kier molecular flexibility index (Phi) is 3.20. The number of halogens is 1. The average molecular weight is 230 g/mol. The second-order valence-corrected chi connectivity index (χ2v) is 4.46. The standard InChI is InChI=1S/C14H15FN2/c1-14(16,10-11-5-7-17-8-6-11)12-3-2-4-13(15)9-12/h2-9H,10,16H2,1H3. The lowest BCUT2D eigenvalue weighted by Crippen LogP contribution is -2.35. The fraction of sp³-hybridized carbons (Fsp3) is 0.214. The molecule has 0 spiro atoms. The molecule has 3 heteroatoms. The number of hydrogen-bond acceptors (Lipinski definition) is 2. The smallest absolute Gasteiger partial charge is 0.123 e. The highest BCUT2D eigenvalue weighted by atomic mass is 19.1. The minimum Gasteiger partial charge on any atom is -0.321 e. The summed E-state index contributed by atoms with van der Waals surface area (Å²) in [4.78, 5) is 3.96. The first kappa shape index (κ1) is 11.7. The summed E-state index contributed by atoms with van der Waals surface area (Å²) in [6.07, 6.45) is 4.12. The lowest BCUT2D eigenvalue weighted by Gasteiger charge is -2.25. The van der Waals surface area contributed by atoms with E-state index in [1.165, 1.54) is 12.1 Å². The van der Waals surface area contributed by atoms with Gasteiger partial charge in [-0.15, -0.1) is 0 Å². The summed E-state index contributed by atoms with van der Waals surface area (Å²) < 4.78 is 13.2. The summed E-state index contributed by atoms with van der Waals surface area (Å²) >= 11 is 0. The fourth-order valence-corrected chi connectivity index (χ4v) is 1.87. The Bertz CT molecular complexity index is 495. The molecule has 0 aliphatic rings. The van der Waals surface area contributed by atoms with Crippen LogP contribution in [-0.2, 0) is 12.0 Å². The van der Waals surface area contributed by atoms with Crippen LogP contribution in [0.1, 0.15) is 18.1 Å². The van der Waals surface area contributed by atoms with E-state index in [-0.39, 0.29) is 5.82 Å². The minimum absolute atomic E-state index is 0.256. The van der Waals surface area contributed by atoms with Crippen LogP contribution in [0.5, 0.6) is 0 Å². The molecule has 0 saturated heterocycles. The van der Waals surface area contributed by atoms with Crippen molar-refractivity contribution in [1.82, 2.24) is 4.98 Å². The van der Waals surface area contributed by atoms with Crippen LogP contribution in [0.2, 0.25) is 0 Å². The first-order chi connectivity index (χ1) is 8.08. The number of pyridine rings is 1. The molecule has 2 nitrogen and oxygen atoms in total. The van der Waals surface area contributed by atoms with Crippen molar-refractivity contribution < 1.29 is 4.39 Å². The highest BCUT2D eigenvalue weighted by Crippen LogP contribution is 2.22. The summed E-state index contributed by atoms with van der Waals surface area (Å²) in [5.41, 5.74) is 7.56. The third-order valence-electron chi connectivity index (χ3n) is 2.80. The topological polar surface area (TPSA) is 38.9 Å². The molecule has 1 aromatic carbocycles. The number of hydrogen-bond donors (Lipinski definition) is 1. The van der Waals surface area contributed by atoms with Gasteiger partial charge in [0.05, 0.1) is 0 Å². The van der Waals surface area contributed by atoms with E-state index in [1.54, 1.807) is 18.5 Å². The van der Waals surface area contributed by atoms with Crippen LogP contribution in [0.15, 0.2) is 48.8 Å². The van der Waals surface area contributed by atoms with E-state index < -0.39 is 5.54 Å². The molecular formula is C14H15FN2. The first-order valence-corrected chi connectivity index (χ1v) is 5.52. The molecule has 0 aliphatic heterocycles. The Balaban J connectivity index is 2.25. The maximum absolute atomic E-state index is 13.2. The normalized spacial score (nSPS) is 14.3. The lowest BCUT2D eigenvalue weighted by atomic mass is 9.87. The number of nitrogens with two attached hydrogens (primary N) is 1. The largest absolute Gasteiger partial charge is 0.321 e. The van der Waals surface area contributed by atoms with Crippen molar-refractivity contribution in [3.63, 3.8) is 0 Å². The average Bonchev–Trinajstić information content (AvgIpc) is 2.30. The van der Waals surface area contributed by atoms with Crippen LogP contribution in [0.4, 0.5) is 4.39 Å². The maximum Gasteiger partial charge on any atom is 0.123 e. The van der Waals surface area contributed by atoms with Crippen LogP contribution >= 0.6 is 0 Å². The molecule has 0 bridgehead atoms. The Morgan fingerprint density at radius 1 is 1.24 bits per heavy atom. The molecule has 2 aromatic rings. The zero-order valence-electron chi connectivity index (χ0n) is 9.73. The zero-order valence-corrected chi connectivity index (χ0v) is 9.73. The van der Waals surface area contributed by atoms with E-state index in [1.807, 2.05) is 25.1 Å². The van der Waals surface area contributed by atoms with E-state index in [9.17, 15) is 4.39 Å². The number of nitrogens with zero attached hydrogens (tertiary/aromatic N) is 1. The predicted octanol–water partition coefficient (Wildman–Crippen LogP) is 2.64. The summed E-state index contributed by atoms with van der Waals surface area (Å²) in [7, 11) is 0. The molecule has 0 radical (unpaired) electrons. The van der Waals surface area contributed by atoms with Crippen molar-refractivity contribution in [2.75, 3.05) is 0 Å². The maximum atomic E-state index is 13.2. The van der Waals surface area contributed by atoms with Crippen molar-refractivity contribution in [3.8, 4) is 0 Å². The van der Waals surface area contributed by atoms with Gasteiger partial charge < -0.3 is 5.73 Å². The monoisotopic (exact) mass is 230 g/mol. The lowest BCUT2D eigenvalue weighted by molar-refractivity contribution is 0.486. The summed E-state index contributed by atoms with van der Waals surface area (Å²) in [5, 5.41) is 0.